The standard InChI is InChI=1S/C18H29N3O2/c1-4-21(5-2)17(23)20-16-8-6-15(7-9-16)14(3)19-12-18(13-22)10-11-18/h6-9,14,19,22H,4-5,10-13H2,1-3H3,(H,20,23). The van der Waals surface area contributed by atoms with Gasteiger partial charge in [0.25, 0.3) is 0 Å². The summed E-state index contributed by atoms with van der Waals surface area (Å²) >= 11 is 0. The summed E-state index contributed by atoms with van der Waals surface area (Å²) in [5.74, 6) is 0. The molecule has 0 aromatic heterocycles. The van der Waals surface area contributed by atoms with E-state index < -0.39 is 0 Å². The van der Waals surface area contributed by atoms with Crippen molar-refractivity contribution in [2.75, 3.05) is 31.6 Å². The van der Waals surface area contributed by atoms with E-state index in [-0.39, 0.29) is 24.1 Å². The van der Waals surface area contributed by atoms with Crippen molar-refractivity contribution in [1.29, 1.82) is 0 Å². The number of carbonyl (C=O) groups is 1. The van der Waals surface area contributed by atoms with Crippen molar-refractivity contribution >= 4 is 11.7 Å². The minimum Gasteiger partial charge on any atom is -0.396 e. The zero-order chi connectivity index (χ0) is 16.9. The Balaban J connectivity index is 1.87. The molecule has 1 unspecified atom stereocenters. The minimum absolute atomic E-state index is 0.0625. The first-order valence-corrected chi connectivity index (χ1v) is 8.53. The molecule has 1 atom stereocenters. The summed E-state index contributed by atoms with van der Waals surface area (Å²) in [5, 5.41) is 15.8. The van der Waals surface area contributed by atoms with Gasteiger partial charge in [-0.05, 0) is 51.3 Å². The molecule has 5 heteroatoms. The lowest BCUT2D eigenvalue weighted by atomic mass is 10.1. The van der Waals surface area contributed by atoms with Crippen LogP contribution in [-0.4, -0.2) is 42.3 Å². The van der Waals surface area contributed by atoms with Crippen LogP contribution in [0.1, 0.15) is 45.2 Å². The molecule has 1 aromatic rings. The van der Waals surface area contributed by atoms with Gasteiger partial charge in [-0.3, -0.25) is 0 Å². The number of hydrogen-bond donors (Lipinski definition) is 3. The molecular formula is C18H29N3O2. The Bertz CT molecular complexity index is 508. The van der Waals surface area contributed by atoms with Crippen molar-refractivity contribution in [3.8, 4) is 0 Å². The highest BCUT2D eigenvalue weighted by molar-refractivity contribution is 5.89. The van der Waals surface area contributed by atoms with Crippen LogP contribution in [0.3, 0.4) is 0 Å². The molecule has 2 rings (SSSR count). The van der Waals surface area contributed by atoms with E-state index in [1.54, 1.807) is 4.90 Å². The Hall–Kier alpha value is -1.59. The molecule has 5 nitrogen and oxygen atoms in total. The topological polar surface area (TPSA) is 64.6 Å². The predicted molar refractivity (Wildman–Crippen MR) is 93.6 cm³/mol. The van der Waals surface area contributed by atoms with Gasteiger partial charge in [0.1, 0.15) is 0 Å². The van der Waals surface area contributed by atoms with Crippen molar-refractivity contribution < 1.29 is 9.90 Å². The molecule has 0 heterocycles. The highest BCUT2D eigenvalue weighted by Crippen LogP contribution is 2.44. The lowest BCUT2D eigenvalue weighted by molar-refractivity contribution is 0.204. The first-order chi connectivity index (χ1) is 11.0. The highest BCUT2D eigenvalue weighted by Gasteiger charge is 2.41. The lowest BCUT2D eigenvalue weighted by Gasteiger charge is -2.20. The number of amides is 2. The van der Waals surface area contributed by atoms with Gasteiger partial charge in [-0.2, -0.15) is 0 Å². The van der Waals surface area contributed by atoms with E-state index in [1.807, 2.05) is 38.1 Å². The maximum atomic E-state index is 12.0. The van der Waals surface area contributed by atoms with Gasteiger partial charge in [-0.25, -0.2) is 4.79 Å². The number of aliphatic hydroxyl groups is 1. The Morgan fingerprint density at radius 1 is 1.26 bits per heavy atom. The van der Waals surface area contributed by atoms with E-state index in [2.05, 4.69) is 17.6 Å². The summed E-state index contributed by atoms with van der Waals surface area (Å²) in [7, 11) is 0. The number of nitrogens with zero attached hydrogens (tertiary/aromatic N) is 1. The van der Waals surface area contributed by atoms with Gasteiger partial charge in [0.15, 0.2) is 0 Å². The summed E-state index contributed by atoms with van der Waals surface area (Å²) in [6.45, 7) is 8.59. The summed E-state index contributed by atoms with van der Waals surface area (Å²) in [6, 6.07) is 8.11. The van der Waals surface area contributed by atoms with Gasteiger partial charge in [-0.15, -0.1) is 0 Å². The molecule has 0 spiro atoms. The predicted octanol–water partition coefficient (Wildman–Crippen LogP) is 2.98. The Kier molecular flexibility index (Phi) is 6.02. The van der Waals surface area contributed by atoms with Crippen LogP contribution in [0, 0.1) is 5.41 Å². The fraction of sp³-hybridized carbons (Fsp3) is 0.611. The smallest absolute Gasteiger partial charge is 0.321 e. The molecule has 1 aliphatic rings. The summed E-state index contributed by atoms with van der Waals surface area (Å²) < 4.78 is 0. The van der Waals surface area contributed by atoms with E-state index in [1.165, 1.54) is 5.56 Å². The van der Waals surface area contributed by atoms with Gasteiger partial charge in [0, 0.05) is 43.4 Å². The number of carbonyl (C=O) groups excluding carboxylic acids is 1. The van der Waals surface area contributed by atoms with E-state index in [9.17, 15) is 9.90 Å². The van der Waals surface area contributed by atoms with E-state index in [0.717, 1.165) is 25.1 Å². The molecule has 1 saturated carbocycles. The lowest BCUT2D eigenvalue weighted by Crippen LogP contribution is -2.34. The molecule has 1 fully saturated rings. The number of nitrogens with one attached hydrogen (secondary N) is 2. The van der Waals surface area contributed by atoms with Crippen molar-refractivity contribution in [1.82, 2.24) is 10.2 Å². The molecule has 23 heavy (non-hydrogen) atoms. The van der Waals surface area contributed by atoms with Crippen LogP contribution in [-0.2, 0) is 0 Å². The van der Waals surface area contributed by atoms with Crippen LogP contribution in [0.25, 0.3) is 0 Å². The third-order valence-corrected chi connectivity index (χ3v) is 4.79. The zero-order valence-electron chi connectivity index (χ0n) is 14.4. The number of hydrogen-bond acceptors (Lipinski definition) is 3. The molecule has 3 N–H and O–H groups in total. The molecule has 128 valence electrons. The maximum absolute atomic E-state index is 12.0. The van der Waals surface area contributed by atoms with E-state index in [0.29, 0.717) is 13.1 Å². The van der Waals surface area contributed by atoms with Gasteiger partial charge >= 0.3 is 6.03 Å². The summed E-state index contributed by atoms with van der Waals surface area (Å²) in [6.07, 6.45) is 2.22. The molecule has 0 aliphatic heterocycles. The number of rotatable bonds is 8. The van der Waals surface area contributed by atoms with Crippen LogP contribution in [0.2, 0.25) is 0 Å². The third kappa shape index (κ3) is 4.69. The van der Waals surface area contributed by atoms with Gasteiger partial charge in [0.2, 0.25) is 0 Å². The quantitative estimate of drug-likeness (QED) is 0.690. The molecule has 0 bridgehead atoms. The van der Waals surface area contributed by atoms with Crippen molar-refractivity contribution in [3.63, 3.8) is 0 Å². The average molecular weight is 319 g/mol. The molecule has 0 radical (unpaired) electrons. The zero-order valence-corrected chi connectivity index (χ0v) is 14.4. The number of aliphatic hydroxyl groups excluding tert-OH is 1. The first-order valence-electron chi connectivity index (χ1n) is 8.53. The Morgan fingerprint density at radius 2 is 1.87 bits per heavy atom. The Labute approximate surface area is 139 Å². The van der Waals surface area contributed by atoms with Gasteiger partial charge in [-0.1, -0.05) is 12.1 Å². The molecular weight excluding hydrogens is 290 g/mol. The minimum atomic E-state index is -0.0625. The maximum Gasteiger partial charge on any atom is 0.321 e. The van der Waals surface area contributed by atoms with Gasteiger partial charge in [0.05, 0.1) is 0 Å². The van der Waals surface area contributed by atoms with Crippen molar-refractivity contribution in [2.45, 2.75) is 39.7 Å². The second-order valence-corrected chi connectivity index (χ2v) is 6.49. The monoisotopic (exact) mass is 319 g/mol. The number of benzene rings is 1. The average Bonchev–Trinajstić information content (AvgIpc) is 3.35. The van der Waals surface area contributed by atoms with E-state index >= 15 is 0 Å². The summed E-state index contributed by atoms with van der Waals surface area (Å²) in [4.78, 5) is 13.8. The highest BCUT2D eigenvalue weighted by atomic mass is 16.3. The van der Waals surface area contributed by atoms with Crippen LogP contribution >= 0.6 is 0 Å². The third-order valence-electron chi connectivity index (χ3n) is 4.79. The fourth-order valence-corrected chi connectivity index (χ4v) is 2.62. The second kappa shape index (κ2) is 7.79. The fourth-order valence-electron chi connectivity index (χ4n) is 2.62. The van der Waals surface area contributed by atoms with Crippen LogP contribution in [0.4, 0.5) is 10.5 Å². The van der Waals surface area contributed by atoms with Gasteiger partial charge < -0.3 is 20.6 Å². The number of urea groups is 1. The molecule has 1 aromatic carbocycles. The normalized spacial score (nSPS) is 16.7. The second-order valence-electron chi connectivity index (χ2n) is 6.49. The Morgan fingerprint density at radius 3 is 2.35 bits per heavy atom. The molecule has 1 aliphatic carbocycles. The van der Waals surface area contributed by atoms with Crippen molar-refractivity contribution in [2.24, 2.45) is 5.41 Å². The van der Waals surface area contributed by atoms with E-state index in [4.69, 9.17) is 0 Å². The van der Waals surface area contributed by atoms with Crippen LogP contribution in [0.15, 0.2) is 24.3 Å². The van der Waals surface area contributed by atoms with Crippen molar-refractivity contribution in [3.05, 3.63) is 29.8 Å². The van der Waals surface area contributed by atoms with Crippen LogP contribution < -0.4 is 10.6 Å². The molecule has 2 amide bonds. The first kappa shape index (κ1) is 17.8. The largest absolute Gasteiger partial charge is 0.396 e. The number of anilines is 1. The van der Waals surface area contributed by atoms with Crippen LogP contribution in [0.5, 0.6) is 0 Å². The summed E-state index contributed by atoms with van der Waals surface area (Å²) in [5.41, 5.74) is 2.11. The SMILES string of the molecule is CCN(CC)C(=O)Nc1ccc(C(C)NCC2(CO)CC2)cc1. The molecule has 0 saturated heterocycles.